The topological polar surface area (TPSA) is 107 Å². The van der Waals surface area contributed by atoms with E-state index < -0.39 is 11.3 Å². The van der Waals surface area contributed by atoms with Gasteiger partial charge in [-0.05, 0) is 97.5 Å². The van der Waals surface area contributed by atoms with Crippen LogP contribution in [0.2, 0.25) is 5.02 Å². The fourth-order valence-corrected chi connectivity index (χ4v) is 5.78. The summed E-state index contributed by atoms with van der Waals surface area (Å²) in [6.45, 7) is 6.31. The quantitative estimate of drug-likeness (QED) is 0.539. The van der Waals surface area contributed by atoms with Gasteiger partial charge in [0.05, 0.1) is 23.4 Å². The normalized spacial score (nSPS) is 20.7. The number of fused-ring (bicyclic) bond motifs is 1. The molecule has 5 nitrogen and oxygen atoms in total. The molecule has 2 N–H and O–H groups in total. The number of nitrogens with zero attached hydrogens (tertiary/aromatic N) is 3. The second-order valence-electron chi connectivity index (χ2n) is 9.44. The zero-order valence-electron chi connectivity index (χ0n) is 20.2. The Bertz CT molecular complexity index is 1370. The van der Waals surface area contributed by atoms with E-state index in [1.807, 2.05) is 32.9 Å². The zero-order valence-corrected chi connectivity index (χ0v) is 20.9. The second-order valence-corrected chi connectivity index (χ2v) is 9.88. The van der Waals surface area contributed by atoms with Crippen LogP contribution in [0, 0.1) is 66.1 Å². The molecule has 0 aliphatic heterocycles. The average molecular weight is 483 g/mol. The lowest BCUT2D eigenvalue weighted by atomic mass is 9.56. The molecule has 2 unspecified atom stereocenters. The molecule has 0 bridgehead atoms. The molecule has 0 radical (unpaired) electrons. The van der Waals surface area contributed by atoms with Crippen molar-refractivity contribution < 1.29 is 4.74 Å². The largest absolute Gasteiger partial charge is 0.489 e. The highest BCUT2D eigenvalue weighted by Gasteiger charge is 2.54. The maximum atomic E-state index is 10.3. The number of benzene rings is 2. The van der Waals surface area contributed by atoms with Crippen LogP contribution in [0.15, 0.2) is 53.3 Å². The number of ether oxygens (including phenoxy) is 1. The molecule has 0 saturated heterocycles. The third-order valence-electron chi connectivity index (χ3n) is 7.38. The lowest BCUT2D eigenvalue weighted by Crippen LogP contribution is -2.43. The van der Waals surface area contributed by atoms with Gasteiger partial charge in [-0.1, -0.05) is 29.8 Å². The van der Waals surface area contributed by atoms with Crippen LogP contribution in [0.25, 0.3) is 0 Å². The van der Waals surface area contributed by atoms with Gasteiger partial charge in [-0.3, -0.25) is 0 Å². The number of nitriles is 3. The van der Waals surface area contributed by atoms with Crippen molar-refractivity contribution in [2.24, 2.45) is 17.1 Å². The molecule has 4 rings (SSSR count). The molecule has 2 atom stereocenters. The van der Waals surface area contributed by atoms with Crippen LogP contribution < -0.4 is 10.5 Å². The summed E-state index contributed by atoms with van der Waals surface area (Å²) in [6, 6.07) is 16.3. The average Bonchev–Trinajstić information content (AvgIpc) is 2.84. The van der Waals surface area contributed by atoms with Crippen molar-refractivity contribution in [3.8, 4) is 24.0 Å². The Kier molecular flexibility index (Phi) is 6.62. The van der Waals surface area contributed by atoms with Crippen LogP contribution in [-0.4, -0.2) is 0 Å². The molecule has 176 valence electrons. The molecule has 2 aromatic rings. The van der Waals surface area contributed by atoms with Gasteiger partial charge in [-0.15, -0.1) is 0 Å². The first-order chi connectivity index (χ1) is 16.8. The molecule has 0 heterocycles. The number of hydrogen-bond acceptors (Lipinski definition) is 5. The summed E-state index contributed by atoms with van der Waals surface area (Å²) in [6.07, 6.45) is 4.65. The van der Waals surface area contributed by atoms with E-state index in [1.54, 1.807) is 6.07 Å². The standard InChI is InChI=1S/C29H27ClN4O/c1-17-10-18(2)24(12-20(17)14-35-26-9-8-21(30)11-19(26)3)27-23-7-5-4-6-22(23)25(13-31)28(34)29(27,15-32)16-33/h6,8-12,23,27H,4-5,7,14,34H2,1-3H3. The van der Waals surface area contributed by atoms with E-state index >= 15 is 0 Å². The van der Waals surface area contributed by atoms with E-state index in [0.717, 1.165) is 58.4 Å². The van der Waals surface area contributed by atoms with Crippen LogP contribution in [0.4, 0.5) is 0 Å². The summed E-state index contributed by atoms with van der Waals surface area (Å²) in [7, 11) is 0. The van der Waals surface area contributed by atoms with Gasteiger partial charge >= 0.3 is 0 Å². The van der Waals surface area contributed by atoms with Crippen LogP contribution >= 0.6 is 11.6 Å². The molecule has 0 saturated carbocycles. The molecule has 0 aromatic heterocycles. The number of rotatable bonds is 4. The second kappa shape index (κ2) is 9.50. The summed E-state index contributed by atoms with van der Waals surface area (Å²) in [5.41, 5.74) is 10.9. The van der Waals surface area contributed by atoms with Gasteiger partial charge in [0.25, 0.3) is 0 Å². The summed E-state index contributed by atoms with van der Waals surface area (Å²) in [5, 5.41) is 31.1. The molecule has 2 aliphatic carbocycles. The highest BCUT2D eigenvalue weighted by molar-refractivity contribution is 6.30. The Balaban J connectivity index is 1.83. The predicted molar refractivity (Wildman–Crippen MR) is 135 cm³/mol. The van der Waals surface area contributed by atoms with E-state index in [1.165, 1.54) is 0 Å². The summed E-state index contributed by atoms with van der Waals surface area (Å²) < 4.78 is 6.13. The van der Waals surface area contributed by atoms with Gasteiger partial charge in [-0.25, -0.2) is 0 Å². The maximum absolute atomic E-state index is 10.3. The van der Waals surface area contributed by atoms with Gasteiger partial charge in [0.15, 0.2) is 5.41 Å². The van der Waals surface area contributed by atoms with Gasteiger partial charge in [0.2, 0.25) is 0 Å². The third kappa shape index (κ3) is 4.05. The number of nitrogens with two attached hydrogens (primary N) is 1. The van der Waals surface area contributed by atoms with Gasteiger partial charge < -0.3 is 10.5 Å². The van der Waals surface area contributed by atoms with E-state index in [0.29, 0.717) is 17.2 Å². The van der Waals surface area contributed by atoms with E-state index in [4.69, 9.17) is 22.1 Å². The molecule has 0 amide bonds. The monoisotopic (exact) mass is 482 g/mol. The number of hydrogen-bond donors (Lipinski definition) is 1. The summed E-state index contributed by atoms with van der Waals surface area (Å²) in [5.74, 6) is 0.150. The van der Waals surface area contributed by atoms with Crippen molar-refractivity contribution in [3.63, 3.8) is 0 Å². The van der Waals surface area contributed by atoms with E-state index in [2.05, 4.69) is 36.4 Å². The summed E-state index contributed by atoms with van der Waals surface area (Å²) >= 11 is 6.08. The van der Waals surface area contributed by atoms with Crippen molar-refractivity contribution in [2.75, 3.05) is 0 Å². The smallest absolute Gasteiger partial charge is 0.191 e. The van der Waals surface area contributed by atoms with Crippen molar-refractivity contribution in [1.82, 2.24) is 0 Å². The number of allylic oxidation sites excluding steroid dienone is 4. The first-order valence-corrected chi connectivity index (χ1v) is 12.1. The molecular weight excluding hydrogens is 456 g/mol. The Morgan fingerprint density at radius 1 is 1.06 bits per heavy atom. The zero-order chi connectivity index (χ0) is 25.3. The maximum Gasteiger partial charge on any atom is 0.191 e. The van der Waals surface area contributed by atoms with Crippen LogP contribution in [0.1, 0.15) is 53.0 Å². The first-order valence-electron chi connectivity index (χ1n) is 11.7. The van der Waals surface area contributed by atoms with Crippen molar-refractivity contribution in [3.05, 3.63) is 86.1 Å². The van der Waals surface area contributed by atoms with Crippen LogP contribution in [0.5, 0.6) is 5.75 Å². The van der Waals surface area contributed by atoms with Gasteiger partial charge in [0, 0.05) is 10.9 Å². The lowest BCUT2D eigenvalue weighted by molar-refractivity contribution is 0.300. The Labute approximate surface area is 211 Å². The van der Waals surface area contributed by atoms with Crippen molar-refractivity contribution >= 4 is 11.6 Å². The highest BCUT2D eigenvalue weighted by Crippen LogP contribution is 2.56. The SMILES string of the molecule is Cc1cc(C)c(C2C3CCCC=C3C(C#N)=C(N)C2(C#N)C#N)cc1COc1ccc(Cl)cc1C. The predicted octanol–water partition coefficient (Wildman–Crippen LogP) is 6.44. The molecule has 6 heteroatoms. The fourth-order valence-electron chi connectivity index (χ4n) is 5.55. The fraction of sp³-hybridized carbons (Fsp3) is 0.345. The minimum absolute atomic E-state index is 0.0639. The third-order valence-corrected chi connectivity index (χ3v) is 7.61. The van der Waals surface area contributed by atoms with Crippen molar-refractivity contribution in [1.29, 1.82) is 15.8 Å². The first kappa shape index (κ1) is 24.4. The van der Waals surface area contributed by atoms with Crippen LogP contribution in [0.3, 0.4) is 0 Å². The summed E-state index contributed by atoms with van der Waals surface area (Å²) in [4.78, 5) is 0. The molecule has 2 aromatic carbocycles. The molecule has 35 heavy (non-hydrogen) atoms. The Hall–Kier alpha value is -3.72. The van der Waals surface area contributed by atoms with E-state index in [-0.39, 0.29) is 11.6 Å². The van der Waals surface area contributed by atoms with Crippen molar-refractivity contribution in [2.45, 2.75) is 52.6 Å². The molecule has 2 aliphatic rings. The van der Waals surface area contributed by atoms with E-state index in [9.17, 15) is 15.8 Å². The van der Waals surface area contributed by atoms with Crippen LogP contribution in [-0.2, 0) is 6.61 Å². The molecule has 0 fully saturated rings. The molecule has 0 spiro atoms. The molecular formula is C29H27ClN4O. The van der Waals surface area contributed by atoms with Gasteiger partial charge in [-0.2, -0.15) is 15.8 Å². The Morgan fingerprint density at radius 3 is 2.46 bits per heavy atom. The minimum Gasteiger partial charge on any atom is -0.489 e. The number of halogens is 1. The highest BCUT2D eigenvalue weighted by atomic mass is 35.5. The Morgan fingerprint density at radius 2 is 1.80 bits per heavy atom. The lowest BCUT2D eigenvalue weighted by Gasteiger charge is -2.44. The van der Waals surface area contributed by atoms with Gasteiger partial charge in [0.1, 0.15) is 18.4 Å². The number of aryl methyl sites for hydroxylation is 3. The minimum atomic E-state index is -1.62.